The summed E-state index contributed by atoms with van der Waals surface area (Å²) in [6, 6.07) is 0. The molecule has 0 saturated heterocycles. The van der Waals surface area contributed by atoms with Crippen LogP contribution in [-0.4, -0.2) is 32.7 Å². The Hall–Kier alpha value is -1.15. The lowest BCUT2D eigenvalue weighted by molar-refractivity contribution is -0.154. The Morgan fingerprint density at radius 3 is 2.19 bits per heavy atom. The van der Waals surface area contributed by atoms with Crippen molar-refractivity contribution in [3.63, 3.8) is 0 Å². The van der Waals surface area contributed by atoms with E-state index in [4.69, 9.17) is 10.7 Å². The molecule has 0 aliphatic carbocycles. The zero-order valence-corrected chi connectivity index (χ0v) is 10.1. The minimum Gasteiger partial charge on any atom is -0.465 e. The van der Waals surface area contributed by atoms with Crippen molar-refractivity contribution in [2.75, 3.05) is 6.61 Å². The second kappa shape index (κ2) is 5.80. The molecule has 0 spiro atoms. The van der Waals surface area contributed by atoms with Gasteiger partial charge in [0.1, 0.15) is 0 Å². The molecule has 9 heteroatoms. The molecule has 1 unspecified atom stereocenters. The van der Waals surface area contributed by atoms with Gasteiger partial charge in [0.05, 0.1) is 6.61 Å². The molecular weight excluding hydrogens is 262 g/mol. The van der Waals surface area contributed by atoms with Crippen LogP contribution in [0.4, 0.5) is 0 Å². The maximum atomic E-state index is 11.2. The van der Waals surface area contributed by atoms with Crippen molar-refractivity contribution in [2.45, 2.75) is 13.8 Å². The highest BCUT2D eigenvalue weighted by molar-refractivity contribution is 8.12. The maximum Gasteiger partial charge on any atom is 0.326 e. The summed E-state index contributed by atoms with van der Waals surface area (Å²) in [5.41, 5.74) is 0. The predicted octanol–water partition coefficient (Wildman–Crippen LogP) is -0.645. The summed E-state index contributed by atoms with van der Waals surface area (Å²) in [7, 11) is 0.398. The Morgan fingerprint density at radius 2 is 1.88 bits per heavy atom. The third-order valence-electron chi connectivity index (χ3n) is 1.41. The topological polar surface area (TPSA) is 107 Å². The second-order valence-corrected chi connectivity index (χ2v) is 5.00. The van der Waals surface area contributed by atoms with Crippen LogP contribution in [0.5, 0.6) is 0 Å². The van der Waals surface area contributed by atoms with Crippen LogP contribution in [0.1, 0.15) is 13.8 Å². The Morgan fingerprint density at radius 1 is 1.38 bits per heavy atom. The minimum absolute atomic E-state index is 0.0382. The van der Waals surface area contributed by atoms with Gasteiger partial charge in [-0.1, -0.05) is 0 Å². The van der Waals surface area contributed by atoms with Crippen molar-refractivity contribution in [3.8, 4) is 0 Å². The van der Waals surface area contributed by atoms with Crippen molar-refractivity contribution >= 4 is 37.6 Å². The van der Waals surface area contributed by atoms with E-state index in [1.54, 1.807) is 0 Å². The van der Waals surface area contributed by atoms with Crippen LogP contribution in [0.15, 0.2) is 0 Å². The molecule has 0 radical (unpaired) electrons. The first-order valence-corrected chi connectivity index (χ1v) is 6.43. The number of carbonyl (C=O) groups is 3. The Labute approximate surface area is 96.6 Å². The molecule has 0 heterocycles. The fraction of sp³-hybridized carbons (Fsp3) is 0.571. The fourth-order valence-electron chi connectivity index (χ4n) is 0.862. The van der Waals surface area contributed by atoms with Crippen molar-refractivity contribution in [2.24, 2.45) is 5.92 Å². The molecule has 7 nitrogen and oxygen atoms in total. The molecule has 1 N–H and O–H groups in total. The van der Waals surface area contributed by atoms with Gasteiger partial charge in [0, 0.05) is 10.7 Å². The highest BCUT2D eigenvalue weighted by atomic mass is 35.7. The van der Waals surface area contributed by atoms with Gasteiger partial charge in [0.25, 0.3) is 5.91 Å². The number of nitrogens with one attached hydrogen (secondary N) is 1. The van der Waals surface area contributed by atoms with Crippen LogP contribution in [0, 0.1) is 5.92 Å². The summed E-state index contributed by atoms with van der Waals surface area (Å²) in [6.45, 7) is 2.40. The van der Waals surface area contributed by atoms with Crippen LogP contribution in [0.3, 0.4) is 0 Å². The minimum atomic E-state index is -4.34. The SMILES string of the molecule is CCOC(=O)C(C(C)=O)C(=O)NS(=O)(=O)Cl. The van der Waals surface area contributed by atoms with Crippen molar-refractivity contribution < 1.29 is 27.5 Å². The monoisotopic (exact) mass is 271 g/mol. The lowest BCUT2D eigenvalue weighted by Crippen LogP contribution is -2.41. The van der Waals surface area contributed by atoms with Crippen LogP contribution in [0.2, 0.25) is 0 Å². The second-order valence-electron chi connectivity index (χ2n) is 2.70. The normalized spacial score (nSPS) is 12.7. The van der Waals surface area contributed by atoms with Crippen molar-refractivity contribution in [1.82, 2.24) is 4.72 Å². The van der Waals surface area contributed by atoms with E-state index in [9.17, 15) is 22.8 Å². The molecular formula is C7H10ClNO6S. The first kappa shape index (κ1) is 14.8. The quantitative estimate of drug-likeness (QED) is 0.405. The Kier molecular flexibility index (Phi) is 5.39. The van der Waals surface area contributed by atoms with E-state index in [2.05, 4.69) is 4.74 Å². The molecule has 0 fully saturated rings. The Bertz CT molecular complexity index is 403. The van der Waals surface area contributed by atoms with E-state index >= 15 is 0 Å². The summed E-state index contributed by atoms with van der Waals surface area (Å²) in [5.74, 6) is -5.11. The number of halogens is 1. The van der Waals surface area contributed by atoms with Crippen LogP contribution >= 0.6 is 10.7 Å². The molecule has 0 aliphatic rings. The summed E-state index contributed by atoms with van der Waals surface area (Å²) in [4.78, 5) is 33.4. The van der Waals surface area contributed by atoms with Crippen LogP contribution < -0.4 is 4.72 Å². The van der Waals surface area contributed by atoms with Gasteiger partial charge in [-0.05, 0) is 13.8 Å². The molecule has 1 atom stereocenters. The first-order valence-electron chi connectivity index (χ1n) is 4.12. The van der Waals surface area contributed by atoms with Gasteiger partial charge in [0.2, 0.25) is 0 Å². The number of carbonyl (C=O) groups excluding carboxylic acids is 3. The van der Waals surface area contributed by atoms with Gasteiger partial charge >= 0.3 is 15.2 Å². The molecule has 0 aromatic heterocycles. The van der Waals surface area contributed by atoms with Gasteiger partial charge < -0.3 is 4.74 Å². The molecule has 0 rings (SSSR count). The lowest BCUT2D eigenvalue weighted by atomic mass is 10.1. The largest absolute Gasteiger partial charge is 0.465 e. The highest BCUT2D eigenvalue weighted by Gasteiger charge is 2.34. The molecule has 92 valence electrons. The predicted molar refractivity (Wildman–Crippen MR) is 53.7 cm³/mol. The fourth-order valence-corrected chi connectivity index (χ4v) is 1.45. The smallest absolute Gasteiger partial charge is 0.326 e. The zero-order chi connectivity index (χ0) is 12.9. The summed E-state index contributed by atoms with van der Waals surface area (Å²) < 4.78 is 26.8. The molecule has 1 amide bonds. The zero-order valence-electron chi connectivity index (χ0n) is 8.52. The van der Waals surface area contributed by atoms with Crippen LogP contribution in [-0.2, 0) is 28.4 Å². The van der Waals surface area contributed by atoms with E-state index in [0.29, 0.717) is 0 Å². The number of ketones is 1. The number of amides is 1. The van der Waals surface area contributed by atoms with Gasteiger partial charge in [-0.3, -0.25) is 14.4 Å². The molecule has 0 saturated carbocycles. The number of hydrogen-bond donors (Lipinski definition) is 1. The number of Topliss-reactive ketones (excluding diaryl/α,β-unsaturated/α-hetero) is 1. The van der Waals surface area contributed by atoms with Gasteiger partial charge in [-0.25, -0.2) is 4.72 Å². The lowest BCUT2D eigenvalue weighted by Gasteiger charge is -2.10. The molecule has 0 aromatic rings. The van der Waals surface area contributed by atoms with Gasteiger partial charge in [-0.15, -0.1) is 0 Å². The summed E-state index contributed by atoms with van der Waals surface area (Å²) in [6.07, 6.45) is 0. The number of rotatable bonds is 5. The van der Waals surface area contributed by atoms with Crippen molar-refractivity contribution in [3.05, 3.63) is 0 Å². The molecule has 0 aromatic carbocycles. The third-order valence-corrected chi connectivity index (χ3v) is 2.09. The standard InChI is InChI=1S/C7H10ClNO6S/c1-3-15-7(12)5(4(2)10)6(11)9-16(8,13)14/h5H,3H2,1-2H3,(H,9,11). The van der Waals surface area contributed by atoms with E-state index in [0.717, 1.165) is 6.92 Å². The summed E-state index contributed by atoms with van der Waals surface area (Å²) >= 11 is 0. The highest BCUT2D eigenvalue weighted by Crippen LogP contribution is 2.04. The van der Waals surface area contributed by atoms with Crippen molar-refractivity contribution in [1.29, 1.82) is 0 Å². The first-order chi connectivity index (χ1) is 7.19. The third kappa shape index (κ3) is 5.08. The van der Waals surface area contributed by atoms with E-state index in [-0.39, 0.29) is 6.61 Å². The molecule has 16 heavy (non-hydrogen) atoms. The van der Waals surface area contributed by atoms with Gasteiger partial charge in [0.15, 0.2) is 11.7 Å². The number of ether oxygens (including phenoxy) is 1. The van der Waals surface area contributed by atoms with E-state index < -0.39 is 32.8 Å². The van der Waals surface area contributed by atoms with Crippen LogP contribution in [0.25, 0.3) is 0 Å². The van der Waals surface area contributed by atoms with E-state index in [1.807, 2.05) is 0 Å². The molecule has 0 bridgehead atoms. The number of esters is 1. The maximum absolute atomic E-state index is 11.2. The average Bonchev–Trinajstić information content (AvgIpc) is 1.99. The molecule has 0 aliphatic heterocycles. The number of hydrogen-bond acceptors (Lipinski definition) is 6. The average molecular weight is 272 g/mol. The van der Waals surface area contributed by atoms with Gasteiger partial charge in [-0.2, -0.15) is 8.42 Å². The Balaban J connectivity index is 4.87. The van der Waals surface area contributed by atoms with E-state index in [1.165, 1.54) is 11.6 Å². The summed E-state index contributed by atoms with van der Waals surface area (Å²) in [5, 5.41) is 0.